The topological polar surface area (TPSA) is 74.1 Å². The second-order valence-electron chi connectivity index (χ2n) is 5.54. The van der Waals surface area contributed by atoms with Crippen LogP contribution in [0.1, 0.15) is 11.1 Å². The Kier molecular flexibility index (Phi) is 4.13. The number of rotatable bonds is 2. The van der Waals surface area contributed by atoms with Crippen molar-refractivity contribution in [2.75, 3.05) is 17.2 Å². The zero-order valence-corrected chi connectivity index (χ0v) is 14.2. The van der Waals surface area contributed by atoms with Gasteiger partial charge in [0.1, 0.15) is 6.07 Å². The molecule has 1 saturated heterocycles. The molecule has 2 heterocycles. The van der Waals surface area contributed by atoms with E-state index in [1.165, 1.54) is 6.20 Å². The monoisotopic (exact) mass is 327 g/mol. The Morgan fingerprint density at radius 2 is 2.09 bits per heavy atom. The van der Waals surface area contributed by atoms with E-state index in [-0.39, 0.29) is 5.12 Å². The number of aromatic nitrogens is 1. The molecule has 118 valence electrons. The van der Waals surface area contributed by atoms with Crippen molar-refractivity contribution in [2.24, 2.45) is 0 Å². The van der Waals surface area contributed by atoms with E-state index in [2.05, 4.69) is 11.1 Å². The number of pyridine rings is 1. The second-order valence-corrected chi connectivity index (χ2v) is 7.39. The summed E-state index contributed by atoms with van der Waals surface area (Å²) >= 11 is -0.941. The zero-order chi connectivity index (χ0) is 16.4. The van der Waals surface area contributed by atoms with Crippen LogP contribution >= 0.6 is 11.8 Å². The second kappa shape index (κ2) is 6.23. The molecule has 0 unspecified atom stereocenters. The Hall–Kier alpha value is -2.65. The van der Waals surface area contributed by atoms with Gasteiger partial charge < -0.3 is 4.90 Å². The number of carbonyl (C=O) groups is 2. The van der Waals surface area contributed by atoms with Crippen LogP contribution in [0.15, 0.2) is 36.7 Å². The number of benzene rings is 1. The molecule has 0 bridgehead atoms. The lowest BCUT2D eigenvalue weighted by Crippen LogP contribution is -2.41. The molecule has 1 aromatic heterocycles. The van der Waals surface area contributed by atoms with Crippen LogP contribution in [0, 0.1) is 18.3 Å². The molecular weight excluding hydrogens is 310 g/mol. The molecule has 1 amide bonds. The van der Waals surface area contributed by atoms with Crippen LogP contribution in [0.25, 0.3) is 11.1 Å². The molecule has 0 spiro atoms. The highest BCUT2D eigenvalue weighted by atomic mass is 32.2. The predicted octanol–water partition coefficient (Wildman–Crippen LogP) is 1.46. The molecule has 6 heteroatoms. The van der Waals surface area contributed by atoms with Crippen LogP contribution < -0.4 is 4.90 Å². The zero-order valence-electron chi connectivity index (χ0n) is 12.7. The smallest absolute Gasteiger partial charge is 0.301 e. The van der Waals surface area contributed by atoms with Gasteiger partial charge >= 0.3 is 5.91 Å². The van der Waals surface area contributed by atoms with Crippen molar-refractivity contribution in [1.29, 1.82) is 5.26 Å². The first-order valence-corrected chi connectivity index (χ1v) is 9.12. The standard InChI is InChI=1S/C17H17N3O2S/c1-11-2-3-14(13-4-5-19-10-12(13)9-18)15(8-11)20-6-7-23-17(22)16(20)21/h2-5,8,10H,6-7H2,1H3,23H4. The third kappa shape index (κ3) is 2.83. The number of aryl methyl sites for hydroxylation is 1. The highest BCUT2D eigenvalue weighted by Gasteiger charge is 2.28. The van der Waals surface area contributed by atoms with E-state index in [0.717, 1.165) is 22.4 Å². The number of anilines is 1. The minimum Gasteiger partial charge on any atom is -0.304 e. The van der Waals surface area contributed by atoms with Crippen molar-refractivity contribution >= 4 is 28.5 Å². The van der Waals surface area contributed by atoms with Crippen molar-refractivity contribution in [3.63, 3.8) is 0 Å². The lowest BCUT2D eigenvalue weighted by molar-refractivity contribution is -0.131. The van der Waals surface area contributed by atoms with Crippen LogP contribution in [0.2, 0.25) is 0 Å². The molecule has 23 heavy (non-hydrogen) atoms. The molecule has 0 radical (unpaired) electrons. The van der Waals surface area contributed by atoms with Gasteiger partial charge in [-0.05, 0) is 30.4 Å². The number of nitriles is 1. The number of nitrogens with zero attached hydrogens (tertiary/aromatic N) is 3. The molecule has 0 atom stereocenters. The van der Waals surface area contributed by atoms with Gasteiger partial charge in [0.25, 0.3) is 0 Å². The van der Waals surface area contributed by atoms with Crippen LogP contribution in [0.3, 0.4) is 0 Å². The van der Waals surface area contributed by atoms with Gasteiger partial charge in [-0.15, -0.1) is 0 Å². The summed E-state index contributed by atoms with van der Waals surface area (Å²) in [5, 5.41) is 9.09. The summed E-state index contributed by atoms with van der Waals surface area (Å²) in [5.74, 6) is 0.377. The van der Waals surface area contributed by atoms with E-state index in [9.17, 15) is 14.9 Å². The molecule has 5 nitrogen and oxygen atoms in total. The molecule has 1 aliphatic rings. The highest BCUT2D eigenvalue weighted by Crippen LogP contribution is 2.35. The molecule has 3 rings (SSSR count). The molecule has 0 N–H and O–H groups in total. The Balaban J connectivity index is 2.18. The van der Waals surface area contributed by atoms with Crippen LogP contribution in [0.4, 0.5) is 5.69 Å². The van der Waals surface area contributed by atoms with Crippen molar-refractivity contribution < 1.29 is 9.59 Å². The van der Waals surface area contributed by atoms with Crippen LogP contribution in [-0.2, 0) is 9.59 Å². The van der Waals surface area contributed by atoms with Crippen molar-refractivity contribution in [1.82, 2.24) is 4.98 Å². The van der Waals surface area contributed by atoms with Gasteiger partial charge in [0.15, 0.2) is 0 Å². The van der Waals surface area contributed by atoms with Crippen LogP contribution in [-0.4, -0.2) is 28.3 Å². The first-order valence-electron chi connectivity index (χ1n) is 7.41. The quantitative estimate of drug-likeness (QED) is 0.783. The SMILES string of the molecule is Cc1ccc(-c2ccncc2C#N)c(N2CC[SH4]C(=O)C2=O)c1. The molecule has 0 saturated carbocycles. The van der Waals surface area contributed by atoms with E-state index < -0.39 is 17.7 Å². The lowest BCUT2D eigenvalue weighted by Gasteiger charge is -2.29. The minimum atomic E-state index is -0.941. The average molecular weight is 327 g/mol. The Bertz CT molecular complexity index is 842. The summed E-state index contributed by atoms with van der Waals surface area (Å²) in [4.78, 5) is 29.7. The van der Waals surface area contributed by atoms with Gasteiger partial charge in [-0.1, -0.05) is 12.1 Å². The summed E-state index contributed by atoms with van der Waals surface area (Å²) in [5.41, 5.74) is 3.64. The maximum Gasteiger partial charge on any atom is 0.301 e. The third-order valence-corrected chi connectivity index (χ3v) is 5.37. The largest absolute Gasteiger partial charge is 0.304 e. The van der Waals surface area contributed by atoms with E-state index >= 15 is 0 Å². The van der Waals surface area contributed by atoms with Gasteiger partial charge in [0.05, 0.1) is 11.3 Å². The van der Waals surface area contributed by atoms with Crippen molar-refractivity contribution in [2.45, 2.75) is 6.92 Å². The average Bonchev–Trinajstić information content (AvgIpc) is 2.57. The summed E-state index contributed by atoms with van der Waals surface area (Å²) < 4.78 is 0. The summed E-state index contributed by atoms with van der Waals surface area (Å²) in [6, 6.07) is 9.62. The molecule has 1 aromatic carbocycles. The molecule has 2 aromatic rings. The third-order valence-electron chi connectivity index (χ3n) is 3.94. The molecule has 1 aliphatic heterocycles. The van der Waals surface area contributed by atoms with Crippen LogP contribution in [0.5, 0.6) is 0 Å². The number of amides is 1. The minimum absolute atomic E-state index is 0.223. The summed E-state index contributed by atoms with van der Waals surface area (Å²) in [7, 11) is 0. The fourth-order valence-electron chi connectivity index (χ4n) is 2.80. The Labute approximate surface area is 137 Å². The van der Waals surface area contributed by atoms with E-state index in [1.54, 1.807) is 17.2 Å². The number of hydrogen-bond donors (Lipinski definition) is 0. The van der Waals surface area contributed by atoms with E-state index in [4.69, 9.17) is 0 Å². The highest BCUT2D eigenvalue weighted by molar-refractivity contribution is 8.15. The summed E-state index contributed by atoms with van der Waals surface area (Å²) in [6.07, 6.45) is 3.13. The first-order chi connectivity index (χ1) is 11.1. The van der Waals surface area contributed by atoms with Gasteiger partial charge in [-0.25, -0.2) is 11.8 Å². The normalized spacial score (nSPS) is 15.0. The Morgan fingerprint density at radius 3 is 2.87 bits per heavy atom. The van der Waals surface area contributed by atoms with Gasteiger partial charge in [-0.3, -0.25) is 14.6 Å². The van der Waals surface area contributed by atoms with Crippen molar-refractivity contribution in [3.8, 4) is 17.2 Å². The Morgan fingerprint density at radius 1 is 1.26 bits per heavy atom. The van der Waals surface area contributed by atoms with Gasteiger partial charge in [-0.2, -0.15) is 5.26 Å². The van der Waals surface area contributed by atoms with E-state index in [0.29, 0.717) is 17.8 Å². The predicted molar refractivity (Wildman–Crippen MR) is 94.5 cm³/mol. The van der Waals surface area contributed by atoms with Gasteiger partial charge in [0.2, 0.25) is 5.12 Å². The van der Waals surface area contributed by atoms with Gasteiger partial charge in [0, 0.05) is 30.1 Å². The maximum atomic E-state index is 12.3. The first kappa shape index (κ1) is 15.3. The molecule has 0 aliphatic carbocycles. The lowest BCUT2D eigenvalue weighted by atomic mass is 9.98. The summed E-state index contributed by atoms with van der Waals surface area (Å²) in [6.45, 7) is 2.51. The fraction of sp³-hybridized carbons (Fsp3) is 0.176. The van der Waals surface area contributed by atoms with E-state index in [1.807, 2.05) is 25.1 Å². The maximum absolute atomic E-state index is 12.3. The van der Waals surface area contributed by atoms with Crippen molar-refractivity contribution in [3.05, 3.63) is 47.8 Å². The molecular formula is C17H17N3O2S. The molecule has 1 fully saturated rings. The fourth-order valence-corrected chi connectivity index (χ4v) is 4.00. The number of carbonyl (C=O) groups excluding carboxylic acids is 2. The number of hydrogen-bond acceptors (Lipinski definition) is 4.